The zero-order valence-corrected chi connectivity index (χ0v) is 14.3. The highest BCUT2D eigenvalue weighted by atomic mass is 16.6. The van der Waals surface area contributed by atoms with Gasteiger partial charge in [0.05, 0.1) is 12.0 Å². The van der Waals surface area contributed by atoms with Gasteiger partial charge >= 0.3 is 0 Å². The van der Waals surface area contributed by atoms with Gasteiger partial charge in [-0.2, -0.15) is 0 Å². The zero-order valence-electron chi connectivity index (χ0n) is 14.3. The van der Waals surface area contributed by atoms with E-state index in [-0.39, 0.29) is 10.6 Å². The second kappa shape index (κ2) is 7.32. The molecule has 25 heavy (non-hydrogen) atoms. The lowest BCUT2D eigenvalue weighted by atomic mass is 10.1. The van der Waals surface area contributed by atoms with Gasteiger partial charge in [-0.3, -0.25) is 15.0 Å². The third-order valence-electron chi connectivity index (χ3n) is 4.19. The van der Waals surface area contributed by atoms with Gasteiger partial charge in [-0.25, -0.2) is 0 Å². The van der Waals surface area contributed by atoms with Crippen molar-refractivity contribution in [2.45, 2.75) is 13.1 Å². The van der Waals surface area contributed by atoms with E-state index in [0.29, 0.717) is 13.1 Å². The number of ether oxygens (including phenoxy) is 1. The number of nitrogens with zero attached hydrogens (tertiary/aromatic N) is 2. The second-order valence-corrected chi connectivity index (χ2v) is 6.11. The summed E-state index contributed by atoms with van der Waals surface area (Å²) in [6, 6.07) is 19.2. The maximum absolute atomic E-state index is 11.1. The van der Waals surface area contributed by atoms with Crippen LogP contribution in [0.25, 0.3) is 10.8 Å². The number of methoxy groups -OCH3 is 1. The monoisotopic (exact) mass is 336 g/mol. The van der Waals surface area contributed by atoms with Crippen LogP contribution in [0.4, 0.5) is 5.69 Å². The molecule has 0 saturated carbocycles. The molecule has 0 amide bonds. The van der Waals surface area contributed by atoms with E-state index in [1.54, 1.807) is 25.3 Å². The van der Waals surface area contributed by atoms with Crippen LogP contribution in [0.5, 0.6) is 5.75 Å². The smallest absolute Gasteiger partial charge is 0.273 e. The SMILES string of the molecule is COc1ccc2cc(CN(C)Cc3ccccc3[N+](=O)[O-])ccc2c1. The average Bonchev–Trinajstić information content (AvgIpc) is 2.61. The van der Waals surface area contributed by atoms with E-state index in [2.05, 4.69) is 23.1 Å². The fraction of sp³-hybridized carbons (Fsp3) is 0.200. The van der Waals surface area contributed by atoms with Gasteiger partial charge < -0.3 is 4.74 Å². The first-order valence-electron chi connectivity index (χ1n) is 8.04. The van der Waals surface area contributed by atoms with Crippen molar-refractivity contribution in [1.82, 2.24) is 4.90 Å². The Labute approximate surface area is 146 Å². The largest absolute Gasteiger partial charge is 0.497 e. The Morgan fingerprint density at radius 2 is 1.72 bits per heavy atom. The highest BCUT2D eigenvalue weighted by molar-refractivity contribution is 5.84. The first-order valence-corrected chi connectivity index (χ1v) is 8.04. The van der Waals surface area contributed by atoms with Crippen molar-refractivity contribution in [3.63, 3.8) is 0 Å². The van der Waals surface area contributed by atoms with Crippen LogP contribution in [0.15, 0.2) is 60.7 Å². The molecule has 128 valence electrons. The summed E-state index contributed by atoms with van der Waals surface area (Å²) >= 11 is 0. The van der Waals surface area contributed by atoms with Crippen LogP contribution in [-0.2, 0) is 13.1 Å². The average molecular weight is 336 g/mol. The van der Waals surface area contributed by atoms with Gasteiger partial charge in [-0.05, 0) is 41.6 Å². The first kappa shape index (κ1) is 16.9. The minimum atomic E-state index is -0.327. The van der Waals surface area contributed by atoms with Crippen LogP contribution in [0.3, 0.4) is 0 Å². The Kier molecular flexibility index (Phi) is 4.95. The summed E-state index contributed by atoms with van der Waals surface area (Å²) in [7, 11) is 3.63. The molecule has 0 atom stereocenters. The maximum atomic E-state index is 11.1. The van der Waals surface area contributed by atoms with Gasteiger partial charge in [0.2, 0.25) is 0 Å². The van der Waals surface area contributed by atoms with Gasteiger partial charge in [0.15, 0.2) is 0 Å². The molecule has 0 aliphatic heterocycles. The van der Waals surface area contributed by atoms with E-state index in [1.165, 1.54) is 5.56 Å². The molecule has 5 nitrogen and oxygen atoms in total. The van der Waals surface area contributed by atoms with E-state index in [0.717, 1.165) is 22.1 Å². The van der Waals surface area contributed by atoms with Gasteiger partial charge in [-0.15, -0.1) is 0 Å². The lowest BCUT2D eigenvalue weighted by molar-refractivity contribution is -0.385. The quantitative estimate of drug-likeness (QED) is 0.495. The Morgan fingerprint density at radius 1 is 1.00 bits per heavy atom. The molecule has 3 aromatic carbocycles. The molecule has 3 aromatic rings. The number of rotatable bonds is 6. The molecule has 0 fully saturated rings. The van der Waals surface area contributed by atoms with Crippen molar-refractivity contribution in [3.05, 3.63) is 81.9 Å². The van der Waals surface area contributed by atoms with Crippen molar-refractivity contribution in [1.29, 1.82) is 0 Å². The zero-order chi connectivity index (χ0) is 17.8. The summed E-state index contributed by atoms with van der Waals surface area (Å²) in [6.07, 6.45) is 0. The first-order chi connectivity index (χ1) is 12.1. The summed E-state index contributed by atoms with van der Waals surface area (Å²) in [5.41, 5.74) is 2.05. The van der Waals surface area contributed by atoms with E-state index < -0.39 is 0 Å². The summed E-state index contributed by atoms with van der Waals surface area (Å²) in [6.45, 7) is 1.24. The predicted molar refractivity (Wildman–Crippen MR) is 98.8 cm³/mol. The Balaban J connectivity index is 1.76. The summed E-state index contributed by atoms with van der Waals surface area (Å²) in [4.78, 5) is 12.9. The number of benzene rings is 3. The molecule has 5 heteroatoms. The second-order valence-electron chi connectivity index (χ2n) is 6.11. The van der Waals surface area contributed by atoms with Crippen LogP contribution < -0.4 is 4.74 Å². The molecule has 0 aliphatic rings. The number of nitro benzene ring substituents is 1. The van der Waals surface area contributed by atoms with E-state index >= 15 is 0 Å². The Morgan fingerprint density at radius 3 is 2.48 bits per heavy atom. The van der Waals surface area contributed by atoms with Crippen molar-refractivity contribution in [3.8, 4) is 5.75 Å². The Hall–Kier alpha value is -2.92. The minimum absolute atomic E-state index is 0.167. The van der Waals surface area contributed by atoms with E-state index in [4.69, 9.17) is 4.74 Å². The normalized spacial score (nSPS) is 11.0. The lowest BCUT2D eigenvalue weighted by Gasteiger charge is -2.17. The predicted octanol–water partition coefficient (Wildman–Crippen LogP) is 4.39. The molecule has 0 heterocycles. The molecule has 3 rings (SSSR count). The number of fused-ring (bicyclic) bond motifs is 1. The van der Waals surface area contributed by atoms with Gasteiger partial charge in [0.25, 0.3) is 5.69 Å². The molecular weight excluding hydrogens is 316 g/mol. The lowest BCUT2D eigenvalue weighted by Crippen LogP contribution is -2.18. The summed E-state index contributed by atoms with van der Waals surface area (Å²) < 4.78 is 5.25. The molecule has 0 aromatic heterocycles. The van der Waals surface area contributed by atoms with E-state index in [1.807, 2.05) is 31.3 Å². The fourth-order valence-electron chi connectivity index (χ4n) is 2.98. The van der Waals surface area contributed by atoms with Crippen LogP contribution in [0.2, 0.25) is 0 Å². The fourth-order valence-corrected chi connectivity index (χ4v) is 2.98. The molecule has 0 saturated heterocycles. The number of hydrogen-bond acceptors (Lipinski definition) is 4. The van der Waals surface area contributed by atoms with Gasteiger partial charge in [0, 0.05) is 24.7 Å². The third kappa shape index (κ3) is 3.95. The highest BCUT2D eigenvalue weighted by Gasteiger charge is 2.14. The molecule has 0 spiro atoms. The van der Waals surface area contributed by atoms with Crippen LogP contribution >= 0.6 is 0 Å². The van der Waals surface area contributed by atoms with E-state index in [9.17, 15) is 10.1 Å². The Bertz CT molecular complexity index is 908. The number of nitro groups is 1. The molecule has 0 aliphatic carbocycles. The van der Waals surface area contributed by atoms with Crippen LogP contribution in [-0.4, -0.2) is 24.0 Å². The third-order valence-corrected chi connectivity index (χ3v) is 4.19. The van der Waals surface area contributed by atoms with Gasteiger partial charge in [-0.1, -0.05) is 36.4 Å². The van der Waals surface area contributed by atoms with Gasteiger partial charge in [0.1, 0.15) is 5.75 Å². The summed E-state index contributed by atoms with van der Waals surface area (Å²) in [5, 5.41) is 13.4. The standard InChI is InChI=1S/C20H20N2O3/c1-21(14-18-5-3-4-6-20(18)22(23)24)13-15-7-8-17-12-19(25-2)10-9-16(17)11-15/h3-12H,13-14H2,1-2H3. The van der Waals surface area contributed by atoms with Crippen LogP contribution in [0, 0.1) is 10.1 Å². The molecular formula is C20H20N2O3. The van der Waals surface area contributed by atoms with Crippen LogP contribution in [0.1, 0.15) is 11.1 Å². The molecule has 0 N–H and O–H groups in total. The van der Waals surface area contributed by atoms with Crippen molar-refractivity contribution < 1.29 is 9.66 Å². The van der Waals surface area contributed by atoms with Crippen molar-refractivity contribution >= 4 is 16.5 Å². The maximum Gasteiger partial charge on any atom is 0.273 e. The minimum Gasteiger partial charge on any atom is -0.497 e. The number of para-hydroxylation sites is 1. The van der Waals surface area contributed by atoms with Crippen molar-refractivity contribution in [2.75, 3.05) is 14.2 Å². The number of hydrogen-bond donors (Lipinski definition) is 0. The molecule has 0 radical (unpaired) electrons. The topological polar surface area (TPSA) is 55.6 Å². The van der Waals surface area contributed by atoms with Crippen molar-refractivity contribution in [2.24, 2.45) is 0 Å². The summed E-state index contributed by atoms with van der Waals surface area (Å²) in [5.74, 6) is 0.841. The molecule has 0 bridgehead atoms. The highest BCUT2D eigenvalue weighted by Crippen LogP contribution is 2.23. The molecule has 0 unspecified atom stereocenters.